The summed E-state index contributed by atoms with van der Waals surface area (Å²) in [5.41, 5.74) is 6.25. The fraction of sp³-hybridized carbons (Fsp3) is 0.438. The van der Waals surface area contributed by atoms with Crippen molar-refractivity contribution >= 4 is 22.5 Å². The van der Waals surface area contributed by atoms with E-state index in [0.717, 1.165) is 0 Å². The quantitative estimate of drug-likeness (QED) is 0.662. The van der Waals surface area contributed by atoms with Gasteiger partial charge in [0.2, 0.25) is 5.95 Å². The molecule has 1 fully saturated rings. The van der Waals surface area contributed by atoms with Crippen molar-refractivity contribution in [3.8, 4) is 11.5 Å². The SMILES string of the molecule is CC(c1nc2c3ccc4c(c3nc(N)n2n1)OC(F)(F)O4)N1C[C@H](F)[C@@H](F)C1. The highest BCUT2D eigenvalue weighted by Gasteiger charge is 2.45. The number of nitrogens with two attached hydrogens (primary N) is 1. The molecule has 0 saturated carbocycles. The summed E-state index contributed by atoms with van der Waals surface area (Å²) in [5, 5.41) is 4.66. The minimum Gasteiger partial charge on any atom is -0.395 e. The third kappa shape index (κ3) is 2.44. The van der Waals surface area contributed by atoms with Gasteiger partial charge < -0.3 is 15.2 Å². The summed E-state index contributed by atoms with van der Waals surface area (Å²) in [7, 11) is 0. The number of hydrogen-bond acceptors (Lipinski definition) is 7. The fourth-order valence-corrected chi connectivity index (χ4v) is 3.52. The number of rotatable bonds is 2. The lowest BCUT2D eigenvalue weighted by Crippen LogP contribution is -2.26. The summed E-state index contributed by atoms with van der Waals surface area (Å²) in [4.78, 5) is 10.1. The van der Waals surface area contributed by atoms with Crippen LogP contribution in [0.15, 0.2) is 12.1 Å². The van der Waals surface area contributed by atoms with E-state index in [-0.39, 0.29) is 47.5 Å². The lowest BCUT2D eigenvalue weighted by molar-refractivity contribution is -0.286. The van der Waals surface area contributed by atoms with Crippen LogP contribution in [0.3, 0.4) is 0 Å². The van der Waals surface area contributed by atoms with E-state index in [4.69, 9.17) is 5.73 Å². The zero-order valence-electron chi connectivity index (χ0n) is 14.4. The minimum absolute atomic E-state index is 0.0556. The van der Waals surface area contributed by atoms with Crippen LogP contribution in [0.2, 0.25) is 0 Å². The molecule has 0 spiro atoms. The molecule has 3 aromatic rings. The lowest BCUT2D eigenvalue weighted by Gasteiger charge is -2.20. The van der Waals surface area contributed by atoms with Gasteiger partial charge in [0, 0.05) is 18.5 Å². The molecule has 1 unspecified atom stereocenters. The molecule has 2 aromatic heterocycles. The first-order chi connectivity index (χ1) is 13.2. The zero-order valence-corrected chi connectivity index (χ0v) is 14.4. The summed E-state index contributed by atoms with van der Waals surface area (Å²) < 4.78 is 64.1. The summed E-state index contributed by atoms with van der Waals surface area (Å²) in [5.74, 6) is -0.226. The van der Waals surface area contributed by atoms with Gasteiger partial charge >= 0.3 is 6.29 Å². The van der Waals surface area contributed by atoms with Crippen molar-refractivity contribution in [2.45, 2.75) is 31.6 Å². The average molecular weight is 398 g/mol. The van der Waals surface area contributed by atoms with E-state index < -0.39 is 24.7 Å². The average Bonchev–Trinajstić information content (AvgIpc) is 3.29. The highest BCUT2D eigenvalue weighted by molar-refractivity contribution is 5.97. The van der Waals surface area contributed by atoms with Gasteiger partial charge in [0.15, 0.2) is 23.0 Å². The second-order valence-corrected chi connectivity index (χ2v) is 6.79. The van der Waals surface area contributed by atoms with E-state index in [0.29, 0.717) is 5.39 Å². The second kappa shape index (κ2) is 5.56. The maximum Gasteiger partial charge on any atom is 0.586 e. The molecule has 0 radical (unpaired) electrons. The van der Waals surface area contributed by atoms with Crippen LogP contribution in [-0.2, 0) is 0 Å². The Balaban J connectivity index is 1.62. The maximum absolute atomic E-state index is 13.5. The largest absolute Gasteiger partial charge is 0.586 e. The smallest absolute Gasteiger partial charge is 0.395 e. The molecular formula is C16H14F4N6O2. The molecule has 0 amide bonds. The van der Waals surface area contributed by atoms with Crippen molar-refractivity contribution in [2.75, 3.05) is 18.8 Å². The number of anilines is 1. The molecule has 148 valence electrons. The summed E-state index contributed by atoms with van der Waals surface area (Å²) in [6, 6.07) is 2.33. The Kier molecular flexibility index (Phi) is 3.42. The molecule has 2 aliphatic heterocycles. The van der Waals surface area contributed by atoms with Crippen LogP contribution in [-0.4, -0.2) is 56.2 Å². The molecule has 1 saturated heterocycles. The van der Waals surface area contributed by atoms with Crippen molar-refractivity contribution in [1.82, 2.24) is 24.5 Å². The van der Waals surface area contributed by atoms with Gasteiger partial charge in [-0.1, -0.05) is 0 Å². The van der Waals surface area contributed by atoms with Gasteiger partial charge in [-0.2, -0.15) is 4.52 Å². The number of fused-ring (bicyclic) bond motifs is 5. The first-order valence-corrected chi connectivity index (χ1v) is 8.50. The molecule has 4 heterocycles. The number of aromatic nitrogens is 4. The molecule has 3 atom stereocenters. The van der Waals surface area contributed by atoms with Crippen LogP contribution >= 0.6 is 0 Å². The maximum atomic E-state index is 13.5. The molecule has 2 aliphatic rings. The standard InChI is InChI=1S/C16H14F4N6O2/c1-6(25-4-8(17)9(18)5-25)13-23-14-7-2-3-10-12(28-16(19,20)27-10)11(7)22-15(21)26(14)24-13/h2-3,6,8-9H,4-5H2,1H3,(H2,21,22)/t6?,8-,9-/m0/s1. The predicted octanol–water partition coefficient (Wildman–Crippen LogP) is 2.23. The van der Waals surface area contributed by atoms with Crippen LogP contribution < -0.4 is 15.2 Å². The van der Waals surface area contributed by atoms with Gasteiger partial charge in [-0.15, -0.1) is 13.9 Å². The number of benzene rings is 1. The molecule has 1 aromatic carbocycles. The zero-order chi connectivity index (χ0) is 19.8. The Morgan fingerprint density at radius 2 is 1.89 bits per heavy atom. The number of nitrogens with zero attached hydrogens (tertiary/aromatic N) is 5. The van der Waals surface area contributed by atoms with E-state index in [9.17, 15) is 17.6 Å². The monoisotopic (exact) mass is 398 g/mol. The van der Waals surface area contributed by atoms with Crippen molar-refractivity contribution in [3.05, 3.63) is 18.0 Å². The van der Waals surface area contributed by atoms with Crippen molar-refractivity contribution in [2.24, 2.45) is 0 Å². The van der Waals surface area contributed by atoms with Crippen LogP contribution in [0.25, 0.3) is 16.6 Å². The molecular weight excluding hydrogens is 384 g/mol. The van der Waals surface area contributed by atoms with Crippen LogP contribution in [0.1, 0.15) is 18.8 Å². The molecule has 0 aliphatic carbocycles. The molecule has 12 heteroatoms. The van der Waals surface area contributed by atoms with Crippen LogP contribution in [0, 0.1) is 0 Å². The van der Waals surface area contributed by atoms with Crippen LogP contribution in [0.4, 0.5) is 23.5 Å². The van der Waals surface area contributed by atoms with Gasteiger partial charge in [0.1, 0.15) is 17.9 Å². The Hall–Kier alpha value is -2.89. The van der Waals surface area contributed by atoms with E-state index in [2.05, 4.69) is 24.5 Å². The number of ether oxygens (including phenoxy) is 2. The highest BCUT2D eigenvalue weighted by Crippen LogP contribution is 2.45. The number of alkyl halides is 4. The first kappa shape index (κ1) is 17.2. The van der Waals surface area contributed by atoms with E-state index >= 15 is 0 Å². The van der Waals surface area contributed by atoms with Gasteiger partial charge in [-0.05, 0) is 19.1 Å². The molecule has 2 N–H and O–H groups in total. The Morgan fingerprint density at radius 1 is 1.18 bits per heavy atom. The van der Waals surface area contributed by atoms with Gasteiger partial charge in [0.05, 0.1) is 6.04 Å². The Labute approximate surface area is 154 Å². The second-order valence-electron chi connectivity index (χ2n) is 6.79. The Morgan fingerprint density at radius 3 is 2.61 bits per heavy atom. The number of halogens is 4. The van der Waals surface area contributed by atoms with Crippen molar-refractivity contribution < 1.29 is 27.0 Å². The first-order valence-electron chi connectivity index (χ1n) is 8.50. The number of likely N-dealkylation sites (tertiary alicyclic amines) is 1. The van der Waals surface area contributed by atoms with Crippen molar-refractivity contribution in [3.63, 3.8) is 0 Å². The van der Waals surface area contributed by atoms with Gasteiger partial charge in [0.25, 0.3) is 0 Å². The summed E-state index contributed by atoms with van der Waals surface area (Å²) in [6.07, 6.45) is -6.92. The third-order valence-corrected chi connectivity index (χ3v) is 4.98. The number of hydrogen-bond donors (Lipinski definition) is 1. The molecule has 28 heavy (non-hydrogen) atoms. The van der Waals surface area contributed by atoms with Gasteiger partial charge in [-0.3, -0.25) is 4.90 Å². The normalized spacial score (nSPS) is 25.0. The highest BCUT2D eigenvalue weighted by atomic mass is 19.3. The third-order valence-electron chi connectivity index (χ3n) is 4.98. The summed E-state index contributed by atoms with van der Waals surface area (Å²) >= 11 is 0. The topological polar surface area (TPSA) is 90.8 Å². The lowest BCUT2D eigenvalue weighted by atomic mass is 10.2. The molecule has 0 bridgehead atoms. The van der Waals surface area contributed by atoms with Crippen LogP contribution in [0.5, 0.6) is 11.5 Å². The fourth-order valence-electron chi connectivity index (χ4n) is 3.52. The van der Waals surface area contributed by atoms with E-state index in [1.54, 1.807) is 11.8 Å². The molecule has 8 nitrogen and oxygen atoms in total. The number of nitrogen functional groups attached to an aromatic ring is 1. The van der Waals surface area contributed by atoms with Crippen molar-refractivity contribution in [1.29, 1.82) is 0 Å². The minimum atomic E-state index is -3.80. The van der Waals surface area contributed by atoms with E-state index in [1.165, 1.54) is 16.6 Å². The Bertz CT molecular complexity index is 1100. The summed E-state index contributed by atoms with van der Waals surface area (Å²) in [6.45, 7) is 1.58. The predicted molar refractivity (Wildman–Crippen MR) is 88.7 cm³/mol. The van der Waals surface area contributed by atoms with Gasteiger partial charge in [-0.25, -0.2) is 18.7 Å². The molecule has 5 rings (SSSR count). The van der Waals surface area contributed by atoms with E-state index in [1.807, 2.05) is 0 Å².